The number of aromatic nitrogens is 1. The Kier molecular flexibility index (Phi) is 5.25. The smallest absolute Gasteiger partial charge is 0.265 e. The Morgan fingerprint density at radius 2 is 2.17 bits per heavy atom. The summed E-state index contributed by atoms with van der Waals surface area (Å²) in [5.74, 6) is 0.0738. The van der Waals surface area contributed by atoms with Crippen LogP contribution in [0.25, 0.3) is 0 Å². The van der Waals surface area contributed by atoms with Crippen molar-refractivity contribution in [2.45, 2.75) is 29.8 Å². The van der Waals surface area contributed by atoms with Crippen molar-refractivity contribution in [3.05, 3.63) is 41.0 Å². The summed E-state index contributed by atoms with van der Waals surface area (Å²) in [6, 6.07) is 5.85. The first-order chi connectivity index (χ1) is 14.3. The number of hydrogen-bond donors (Lipinski definition) is 2. The van der Waals surface area contributed by atoms with E-state index in [1.807, 2.05) is 0 Å². The normalized spacial score (nSPS) is 17.0. The Morgan fingerprint density at radius 1 is 1.40 bits per heavy atom. The van der Waals surface area contributed by atoms with Crippen molar-refractivity contribution < 1.29 is 27.8 Å². The van der Waals surface area contributed by atoms with Crippen LogP contribution in [-0.2, 0) is 21.4 Å². The molecule has 0 saturated heterocycles. The SMILES string of the molecule is COc1ccc(Cl)cc1S(=O)(=O)Nc1cnc2c(c1)CN(C(=O)CO)C1(CC1)CO2. The van der Waals surface area contributed by atoms with Gasteiger partial charge < -0.3 is 19.5 Å². The minimum atomic E-state index is -4.02. The number of benzene rings is 1. The highest BCUT2D eigenvalue weighted by molar-refractivity contribution is 7.92. The standard InChI is InChI=1S/C19H20ClN3O6S/c1-28-15-3-2-13(20)7-16(15)30(26,27)22-14-6-12-9-23(17(25)10-24)19(4-5-19)11-29-18(12)21-8-14/h2-3,6-8,22,24H,4-5,9-11H2,1H3. The van der Waals surface area contributed by atoms with E-state index in [1.165, 1.54) is 31.5 Å². The lowest BCUT2D eigenvalue weighted by Crippen LogP contribution is -2.45. The number of hydrogen-bond acceptors (Lipinski definition) is 7. The Balaban J connectivity index is 1.65. The first kappa shape index (κ1) is 20.7. The second-order valence-electron chi connectivity index (χ2n) is 7.24. The zero-order valence-corrected chi connectivity index (χ0v) is 17.7. The average molecular weight is 454 g/mol. The number of nitrogens with one attached hydrogen (secondary N) is 1. The fraction of sp³-hybridized carbons (Fsp3) is 0.368. The minimum absolute atomic E-state index is 0.113. The quantitative estimate of drug-likeness (QED) is 0.708. The van der Waals surface area contributed by atoms with E-state index in [2.05, 4.69) is 9.71 Å². The van der Waals surface area contributed by atoms with Crippen molar-refractivity contribution in [2.75, 3.05) is 25.0 Å². The molecule has 160 valence electrons. The molecule has 30 heavy (non-hydrogen) atoms. The predicted octanol–water partition coefficient (Wildman–Crippen LogP) is 1.79. The largest absolute Gasteiger partial charge is 0.495 e. The molecule has 1 fully saturated rings. The number of rotatable bonds is 5. The molecule has 0 atom stereocenters. The van der Waals surface area contributed by atoms with Gasteiger partial charge in [-0.25, -0.2) is 13.4 Å². The van der Waals surface area contributed by atoms with Gasteiger partial charge in [-0.15, -0.1) is 0 Å². The zero-order valence-electron chi connectivity index (χ0n) is 16.1. The highest BCUT2D eigenvalue weighted by Crippen LogP contribution is 2.45. The molecule has 0 unspecified atom stereocenters. The molecule has 2 heterocycles. The Bertz CT molecular complexity index is 1100. The van der Waals surface area contributed by atoms with E-state index in [-0.39, 0.29) is 34.5 Å². The third-order valence-corrected chi connectivity index (χ3v) is 6.87. The van der Waals surface area contributed by atoms with Crippen molar-refractivity contribution in [3.8, 4) is 11.6 Å². The first-order valence-electron chi connectivity index (χ1n) is 9.17. The summed E-state index contributed by atoms with van der Waals surface area (Å²) in [6.45, 7) is -0.160. The molecule has 9 nitrogen and oxygen atoms in total. The van der Waals surface area contributed by atoms with Gasteiger partial charge in [0.2, 0.25) is 11.8 Å². The summed E-state index contributed by atoms with van der Waals surface area (Å²) in [5.41, 5.74) is 0.301. The molecule has 2 N–H and O–H groups in total. The Hall–Kier alpha value is -2.56. The molecular formula is C19H20ClN3O6S. The molecule has 1 aromatic carbocycles. The number of carbonyl (C=O) groups is 1. The lowest BCUT2D eigenvalue weighted by atomic mass is 10.2. The number of ether oxygens (including phenoxy) is 2. The lowest BCUT2D eigenvalue weighted by Gasteiger charge is -2.28. The van der Waals surface area contributed by atoms with E-state index >= 15 is 0 Å². The lowest BCUT2D eigenvalue weighted by molar-refractivity contribution is -0.138. The number of aliphatic hydroxyl groups is 1. The van der Waals surface area contributed by atoms with Crippen LogP contribution in [0.3, 0.4) is 0 Å². The van der Waals surface area contributed by atoms with Gasteiger partial charge in [-0.2, -0.15) is 0 Å². The molecule has 4 rings (SSSR count). The predicted molar refractivity (Wildman–Crippen MR) is 108 cm³/mol. The average Bonchev–Trinajstić information content (AvgIpc) is 3.53. The van der Waals surface area contributed by atoms with Gasteiger partial charge in [0.15, 0.2) is 0 Å². The van der Waals surface area contributed by atoms with Crippen LogP contribution in [0, 0.1) is 0 Å². The van der Waals surface area contributed by atoms with E-state index < -0.39 is 28.1 Å². The van der Waals surface area contributed by atoms with Crippen LogP contribution in [0.15, 0.2) is 35.4 Å². The number of sulfonamides is 1. The number of methoxy groups -OCH3 is 1. The maximum Gasteiger partial charge on any atom is 0.265 e. The molecule has 1 spiro atoms. The van der Waals surface area contributed by atoms with Crippen LogP contribution in [0.1, 0.15) is 18.4 Å². The Morgan fingerprint density at radius 3 is 2.83 bits per heavy atom. The van der Waals surface area contributed by atoms with Crippen molar-refractivity contribution >= 4 is 33.2 Å². The van der Waals surface area contributed by atoms with Gasteiger partial charge in [-0.3, -0.25) is 9.52 Å². The van der Waals surface area contributed by atoms with Gasteiger partial charge in [-0.05, 0) is 37.1 Å². The summed E-state index contributed by atoms with van der Waals surface area (Å²) in [5, 5.41) is 9.58. The molecule has 0 radical (unpaired) electrons. The zero-order chi connectivity index (χ0) is 21.5. The number of aliphatic hydroxyl groups excluding tert-OH is 1. The van der Waals surface area contributed by atoms with Gasteiger partial charge in [-0.1, -0.05) is 11.6 Å². The molecule has 11 heteroatoms. The summed E-state index contributed by atoms with van der Waals surface area (Å²) >= 11 is 5.95. The van der Waals surface area contributed by atoms with E-state index in [4.69, 9.17) is 21.1 Å². The van der Waals surface area contributed by atoms with Crippen LogP contribution in [-0.4, -0.2) is 55.2 Å². The number of carbonyl (C=O) groups excluding carboxylic acids is 1. The third kappa shape index (κ3) is 3.78. The van der Waals surface area contributed by atoms with E-state index in [9.17, 15) is 18.3 Å². The highest BCUT2D eigenvalue weighted by atomic mass is 35.5. The number of nitrogens with zero attached hydrogens (tertiary/aromatic N) is 2. The molecule has 1 aromatic heterocycles. The second kappa shape index (κ2) is 7.60. The molecular weight excluding hydrogens is 434 g/mol. The number of halogens is 1. The summed E-state index contributed by atoms with van der Waals surface area (Å²) in [6.07, 6.45) is 2.90. The molecule has 1 aliphatic carbocycles. The van der Waals surface area contributed by atoms with Crippen LogP contribution >= 0.6 is 11.6 Å². The van der Waals surface area contributed by atoms with Crippen molar-refractivity contribution in [3.63, 3.8) is 0 Å². The molecule has 1 aliphatic heterocycles. The van der Waals surface area contributed by atoms with Gasteiger partial charge in [0.1, 0.15) is 23.9 Å². The van der Waals surface area contributed by atoms with E-state index in [1.54, 1.807) is 11.0 Å². The van der Waals surface area contributed by atoms with Crippen LogP contribution in [0.4, 0.5) is 5.69 Å². The minimum Gasteiger partial charge on any atom is -0.495 e. The topological polar surface area (TPSA) is 118 Å². The fourth-order valence-electron chi connectivity index (χ4n) is 3.48. The Labute approximate surface area is 178 Å². The maximum atomic E-state index is 12.9. The van der Waals surface area contributed by atoms with Crippen molar-refractivity contribution in [1.29, 1.82) is 0 Å². The van der Waals surface area contributed by atoms with Gasteiger partial charge >= 0.3 is 0 Å². The van der Waals surface area contributed by atoms with Crippen LogP contribution in [0.2, 0.25) is 5.02 Å². The molecule has 0 bridgehead atoms. The molecule has 2 aromatic rings. The second-order valence-corrected chi connectivity index (χ2v) is 9.33. The number of amides is 1. The van der Waals surface area contributed by atoms with Crippen LogP contribution < -0.4 is 14.2 Å². The first-order valence-corrected chi connectivity index (χ1v) is 11.0. The van der Waals surface area contributed by atoms with Gasteiger partial charge in [0.25, 0.3) is 10.0 Å². The summed E-state index contributed by atoms with van der Waals surface area (Å²) < 4.78 is 39.2. The van der Waals surface area contributed by atoms with Crippen LogP contribution in [0.5, 0.6) is 11.6 Å². The summed E-state index contributed by atoms with van der Waals surface area (Å²) in [7, 11) is -2.65. The molecule has 1 amide bonds. The third-order valence-electron chi connectivity index (χ3n) is 5.23. The number of anilines is 1. The molecule has 2 aliphatic rings. The monoisotopic (exact) mass is 453 g/mol. The van der Waals surface area contributed by atoms with Gasteiger partial charge in [0.05, 0.1) is 31.1 Å². The summed E-state index contributed by atoms with van der Waals surface area (Å²) in [4.78, 5) is 17.9. The van der Waals surface area contributed by atoms with Crippen molar-refractivity contribution in [2.24, 2.45) is 0 Å². The molecule has 1 saturated carbocycles. The fourth-order valence-corrected chi connectivity index (χ4v) is 4.95. The van der Waals surface area contributed by atoms with E-state index in [0.29, 0.717) is 11.4 Å². The highest BCUT2D eigenvalue weighted by Gasteiger charge is 2.52. The van der Waals surface area contributed by atoms with E-state index in [0.717, 1.165) is 12.8 Å². The van der Waals surface area contributed by atoms with Crippen molar-refractivity contribution in [1.82, 2.24) is 9.88 Å². The van der Waals surface area contributed by atoms with Gasteiger partial charge in [0, 0.05) is 10.6 Å². The number of fused-ring (bicyclic) bond motifs is 1. The maximum absolute atomic E-state index is 12.9. The number of pyridine rings is 1.